The van der Waals surface area contributed by atoms with Gasteiger partial charge in [-0.15, -0.1) is 0 Å². The number of hydrogen-bond acceptors (Lipinski definition) is 2. The van der Waals surface area contributed by atoms with Gasteiger partial charge in [0.05, 0.1) is 23.2 Å². The number of nitrogens with zero attached hydrogens (tertiary/aromatic N) is 2. The van der Waals surface area contributed by atoms with Gasteiger partial charge in [-0.1, -0.05) is 17.7 Å². The third kappa shape index (κ3) is 2.14. The molecule has 108 valence electrons. The zero-order valence-electron chi connectivity index (χ0n) is 11.2. The molecule has 22 heavy (non-hydrogen) atoms. The number of pyridine rings is 1. The van der Waals surface area contributed by atoms with Crippen molar-refractivity contribution in [3.05, 3.63) is 63.5 Å². The summed E-state index contributed by atoms with van der Waals surface area (Å²) < 4.78 is 2.87. The molecule has 3 aromatic rings. The molecule has 1 aromatic carbocycles. The summed E-state index contributed by atoms with van der Waals surface area (Å²) in [7, 11) is 0. The van der Waals surface area contributed by atoms with Crippen LogP contribution in [0.4, 0.5) is 5.69 Å². The number of carbonyl (C=O) groups is 1. The van der Waals surface area contributed by atoms with Gasteiger partial charge in [0.1, 0.15) is 5.65 Å². The number of carbonyl (C=O) groups excluding carboxylic acids is 1. The second-order valence-electron chi connectivity index (χ2n) is 4.96. The van der Waals surface area contributed by atoms with E-state index in [1.165, 1.54) is 0 Å². The standard InChI is InChI=1S/C16H9BrClN3O/c17-9-1-4-15-19-7-11(21(15)8-9)6-13-12-3-2-10(18)5-14(12)20-16(13)22/h1-8H,(H,20,22)/b13-6+. The van der Waals surface area contributed by atoms with E-state index in [1.807, 2.05) is 34.9 Å². The van der Waals surface area contributed by atoms with Crippen LogP contribution in [0.3, 0.4) is 0 Å². The van der Waals surface area contributed by atoms with E-state index >= 15 is 0 Å². The van der Waals surface area contributed by atoms with Gasteiger partial charge >= 0.3 is 0 Å². The number of nitrogens with one attached hydrogen (secondary N) is 1. The first-order valence-electron chi connectivity index (χ1n) is 6.57. The second-order valence-corrected chi connectivity index (χ2v) is 6.31. The molecule has 0 fully saturated rings. The zero-order chi connectivity index (χ0) is 15.3. The maximum atomic E-state index is 12.2. The minimum Gasteiger partial charge on any atom is -0.321 e. The highest BCUT2D eigenvalue weighted by Gasteiger charge is 2.24. The van der Waals surface area contributed by atoms with E-state index in [9.17, 15) is 4.79 Å². The molecule has 1 N–H and O–H groups in total. The van der Waals surface area contributed by atoms with Gasteiger partial charge in [-0.25, -0.2) is 4.98 Å². The fourth-order valence-electron chi connectivity index (χ4n) is 2.54. The minimum atomic E-state index is -0.137. The smallest absolute Gasteiger partial charge is 0.256 e. The second kappa shape index (κ2) is 4.97. The molecule has 0 spiro atoms. The topological polar surface area (TPSA) is 46.4 Å². The molecule has 0 bridgehead atoms. The zero-order valence-corrected chi connectivity index (χ0v) is 13.5. The molecule has 3 heterocycles. The summed E-state index contributed by atoms with van der Waals surface area (Å²) in [5.74, 6) is -0.137. The number of aromatic nitrogens is 2. The highest BCUT2D eigenvalue weighted by atomic mass is 79.9. The highest BCUT2D eigenvalue weighted by Crippen LogP contribution is 2.35. The third-order valence-electron chi connectivity index (χ3n) is 3.55. The fraction of sp³-hybridized carbons (Fsp3) is 0. The number of amides is 1. The monoisotopic (exact) mass is 373 g/mol. The van der Waals surface area contributed by atoms with Gasteiger partial charge in [-0.05, 0) is 46.3 Å². The molecule has 2 aromatic heterocycles. The lowest BCUT2D eigenvalue weighted by Gasteiger charge is -2.00. The van der Waals surface area contributed by atoms with E-state index in [4.69, 9.17) is 11.6 Å². The van der Waals surface area contributed by atoms with Gasteiger partial charge in [0.15, 0.2) is 0 Å². The van der Waals surface area contributed by atoms with E-state index in [0.717, 1.165) is 27.1 Å². The molecule has 1 amide bonds. The normalized spacial score (nSPS) is 15.4. The lowest BCUT2D eigenvalue weighted by Crippen LogP contribution is -2.03. The van der Waals surface area contributed by atoms with Gasteiger partial charge in [0.25, 0.3) is 5.91 Å². The van der Waals surface area contributed by atoms with Crippen LogP contribution >= 0.6 is 27.5 Å². The first-order chi connectivity index (χ1) is 10.6. The maximum absolute atomic E-state index is 12.2. The summed E-state index contributed by atoms with van der Waals surface area (Å²) in [4.78, 5) is 16.6. The molecule has 0 unspecified atom stereocenters. The molecule has 0 saturated heterocycles. The van der Waals surface area contributed by atoms with Gasteiger partial charge in [0.2, 0.25) is 0 Å². The Hall–Kier alpha value is -2.11. The van der Waals surface area contributed by atoms with Crippen molar-refractivity contribution >= 4 is 56.4 Å². The van der Waals surface area contributed by atoms with Crippen LogP contribution in [-0.4, -0.2) is 15.3 Å². The Kier molecular flexibility index (Phi) is 3.06. The van der Waals surface area contributed by atoms with Crippen LogP contribution in [0.15, 0.2) is 47.2 Å². The Balaban J connectivity index is 1.89. The minimum absolute atomic E-state index is 0.137. The lowest BCUT2D eigenvalue weighted by atomic mass is 10.1. The van der Waals surface area contributed by atoms with Crippen LogP contribution in [0.25, 0.3) is 17.3 Å². The number of hydrogen-bond donors (Lipinski definition) is 1. The van der Waals surface area contributed by atoms with Gasteiger partial charge < -0.3 is 5.32 Å². The van der Waals surface area contributed by atoms with Crippen LogP contribution in [0, 0.1) is 0 Å². The molecule has 6 heteroatoms. The first kappa shape index (κ1) is 13.5. The molecule has 0 aliphatic carbocycles. The number of halogens is 2. The average Bonchev–Trinajstić information content (AvgIpc) is 3.01. The lowest BCUT2D eigenvalue weighted by molar-refractivity contribution is -0.110. The molecular weight excluding hydrogens is 366 g/mol. The van der Waals surface area contributed by atoms with Crippen molar-refractivity contribution in [3.8, 4) is 0 Å². The number of imidazole rings is 1. The van der Waals surface area contributed by atoms with Crippen molar-refractivity contribution in [2.24, 2.45) is 0 Å². The summed E-state index contributed by atoms with van der Waals surface area (Å²) in [5.41, 5.74) is 3.85. The Morgan fingerprint density at radius 2 is 2.14 bits per heavy atom. The van der Waals surface area contributed by atoms with Gasteiger partial charge in [-0.2, -0.15) is 0 Å². The number of anilines is 1. The fourth-order valence-corrected chi connectivity index (χ4v) is 3.05. The van der Waals surface area contributed by atoms with Gasteiger partial charge in [0, 0.05) is 21.3 Å². The van der Waals surface area contributed by atoms with Crippen LogP contribution in [0.2, 0.25) is 5.02 Å². The van der Waals surface area contributed by atoms with Gasteiger partial charge in [-0.3, -0.25) is 9.20 Å². The van der Waals surface area contributed by atoms with Crippen molar-refractivity contribution in [3.63, 3.8) is 0 Å². The van der Waals surface area contributed by atoms with Crippen molar-refractivity contribution in [1.29, 1.82) is 0 Å². The molecule has 0 saturated carbocycles. The van der Waals surface area contributed by atoms with Crippen LogP contribution in [0.5, 0.6) is 0 Å². The highest BCUT2D eigenvalue weighted by molar-refractivity contribution is 9.10. The summed E-state index contributed by atoms with van der Waals surface area (Å²) >= 11 is 9.41. The summed E-state index contributed by atoms with van der Waals surface area (Å²) in [6.07, 6.45) is 5.50. The predicted octanol–water partition coefficient (Wildman–Crippen LogP) is 4.24. The summed E-state index contributed by atoms with van der Waals surface area (Å²) in [6.45, 7) is 0. The molecule has 4 rings (SSSR count). The largest absolute Gasteiger partial charge is 0.321 e. The van der Waals surface area contributed by atoms with E-state index in [-0.39, 0.29) is 5.91 Å². The Morgan fingerprint density at radius 3 is 3.00 bits per heavy atom. The van der Waals surface area contributed by atoms with E-state index in [2.05, 4.69) is 26.2 Å². The van der Waals surface area contributed by atoms with Crippen molar-refractivity contribution in [1.82, 2.24) is 9.38 Å². The van der Waals surface area contributed by atoms with Crippen molar-refractivity contribution < 1.29 is 4.79 Å². The quantitative estimate of drug-likeness (QED) is 0.648. The Bertz CT molecular complexity index is 961. The predicted molar refractivity (Wildman–Crippen MR) is 90.8 cm³/mol. The molecular formula is C16H9BrClN3O. The number of rotatable bonds is 1. The van der Waals surface area contributed by atoms with Crippen LogP contribution in [-0.2, 0) is 4.79 Å². The Morgan fingerprint density at radius 1 is 1.27 bits per heavy atom. The van der Waals surface area contributed by atoms with E-state index in [1.54, 1.807) is 18.3 Å². The third-order valence-corrected chi connectivity index (χ3v) is 4.26. The average molecular weight is 375 g/mol. The van der Waals surface area contributed by atoms with Crippen molar-refractivity contribution in [2.75, 3.05) is 5.32 Å². The summed E-state index contributed by atoms with van der Waals surface area (Å²) in [5, 5.41) is 3.43. The van der Waals surface area contributed by atoms with Crippen molar-refractivity contribution in [2.45, 2.75) is 0 Å². The molecule has 1 aliphatic heterocycles. The van der Waals surface area contributed by atoms with Crippen LogP contribution < -0.4 is 5.32 Å². The number of fused-ring (bicyclic) bond motifs is 2. The van der Waals surface area contributed by atoms with E-state index in [0.29, 0.717) is 10.6 Å². The molecule has 0 atom stereocenters. The molecule has 4 nitrogen and oxygen atoms in total. The molecule has 1 aliphatic rings. The first-order valence-corrected chi connectivity index (χ1v) is 7.74. The van der Waals surface area contributed by atoms with E-state index < -0.39 is 0 Å². The SMILES string of the molecule is O=C1Nc2cc(Cl)ccc2/C1=C\c1cnc2ccc(Br)cn12. The Labute approximate surface area is 139 Å². The van der Waals surface area contributed by atoms with Crippen LogP contribution in [0.1, 0.15) is 11.3 Å². The summed E-state index contributed by atoms with van der Waals surface area (Å²) in [6, 6.07) is 9.22. The molecule has 0 radical (unpaired) electrons. The maximum Gasteiger partial charge on any atom is 0.256 e. The number of benzene rings is 1.